The molecule has 1 heterocycles. The third-order valence-electron chi connectivity index (χ3n) is 2.68. The van der Waals surface area contributed by atoms with E-state index in [9.17, 15) is 13.2 Å². The molecule has 0 saturated heterocycles. The van der Waals surface area contributed by atoms with Crippen LogP contribution in [0.1, 0.15) is 6.92 Å². The lowest BCUT2D eigenvalue weighted by Crippen LogP contribution is -2.16. The van der Waals surface area contributed by atoms with Crippen molar-refractivity contribution in [2.45, 2.75) is 11.8 Å². The fraction of sp³-hybridized carbons (Fsp3) is 0.167. The SMILES string of the molecule is CC(=O)Nc1ccc(S(=O)(=O)Nc2c(N)cnn2C)cc1. The van der Waals surface area contributed by atoms with Crippen LogP contribution >= 0.6 is 0 Å². The van der Waals surface area contributed by atoms with Crippen LogP contribution < -0.4 is 15.8 Å². The molecule has 1 aromatic carbocycles. The number of anilines is 3. The highest BCUT2D eigenvalue weighted by Crippen LogP contribution is 2.21. The first-order valence-corrected chi connectivity index (χ1v) is 7.46. The molecule has 2 aromatic rings. The quantitative estimate of drug-likeness (QED) is 0.770. The zero-order valence-corrected chi connectivity index (χ0v) is 12.3. The van der Waals surface area contributed by atoms with Gasteiger partial charge >= 0.3 is 0 Å². The average molecular weight is 309 g/mol. The van der Waals surface area contributed by atoms with E-state index in [1.165, 1.54) is 42.1 Å². The molecule has 8 nitrogen and oxygen atoms in total. The number of hydrogen-bond acceptors (Lipinski definition) is 5. The summed E-state index contributed by atoms with van der Waals surface area (Å²) in [5, 5.41) is 6.42. The molecule has 0 bridgehead atoms. The highest BCUT2D eigenvalue weighted by atomic mass is 32.2. The van der Waals surface area contributed by atoms with E-state index in [0.29, 0.717) is 5.69 Å². The minimum absolute atomic E-state index is 0.0530. The maximum absolute atomic E-state index is 12.2. The number of nitrogens with zero attached hydrogens (tertiary/aromatic N) is 2. The third-order valence-corrected chi connectivity index (χ3v) is 4.04. The first-order chi connectivity index (χ1) is 9.79. The van der Waals surface area contributed by atoms with Gasteiger partial charge in [-0.25, -0.2) is 8.42 Å². The molecule has 2 rings (SSSR count). The summed E-state index contributed by atoms with van der Waals surface area (Å²) in [4.78, 5) is 11.0. The summed E-state index contributed by atoms with van der Waals surface area (Å²) in [5.74, 6) is -0.0349. The molecule has 0 radical (unpaired) electrons. The van der Waals surface area contributed by atoms with Crippen LogP contribution in [-0.2, 0) is 21.9 Å². The van der Waals surface area contributed by atoms with Gasteiger partial charge in [0.25, 0.3) is 10.0 Å². The molecule has 0 spiro atoms. The third kappa shape index (κ3) is 3.31. The van der Waals surface area contributed by atoms with Gasteiger partial charge in [-0.2, -0.15) is 5.10 Å². The van der Waals surface area contributed by atoms with E-state index in [0.717, 1.165) is 0 Å². The number of sulfonamides is 1. The minimum Gasteiger partial charge on any atom is -0.394 e. The van der Waals surface area contributed by atoms with E-state index in [4.69, 9.17) is 5.73 Å². The van der Waals surface area contributed by atoms with Crippen molar-refractivity contribution in [1.82, 2.24) is 9.78 Å². The summed E-state index contributed by atoms with van der Waals surface area (Å²) in [6, 6.07) is 5.78. The Balaban J connectivity index is 2.26. The Hall–Kier alpha value is -2.55. The van der Waals surface area contributed by atoms with Crippen molar-refractivity contribution in [3.8, 4) is 0 Å². The normalized spacial score (nSPS) is 11.1. The van der Waals surface area contributed by atoms with Crippen LogP contribution in [0.5, 0.6) is 0 Å². The molecule has 112 valence electrons. The van der Waals surface area contributed by atoms with Gasteiger partial charge in [-0.1, -0.05) is 0 Å². The van der Waals surface area contributed by atoms with Gasteiger partial charge in [-0.3, -0.25) is 14.2 Å². The molecule has 0 saturated carbocycles. The number of rotatable bonds is 4. The second-order valence-corrected chi connectivity index (χ2v) is 6.07. The van der Waals surface area contributed by atoms with Crippen molar-refractivity contribution in [3.05, 3.63) is 30.5 Å². The van der Waals surface area contributed by atoms with Crippen molar-refractivity contribution < 1.29 is 13.2 Å². The highest BCUT2D eigenvalue weighted by molar-refractivity contribution is 7.92. The Morgan fingerprint density at radius 3 is 2.38 bits per heavy atom. The second kappa shape index (κ2) is 5.44. The minimum atomic E-state index is -3.78. The number of carbonyl (C=O) groups is 1. The van der Waals surface area contributed by atoms with Crippen molar-refractivity contribution in [1.29, 1.82) is 0 Å². The summed E-state index contributed by atoms with van der Waals surface area (Å²) in [6.07, 6.45) is 1.36. The Labute approximate surface area is 122 Å². The van der Waals surface area contributed by atoms with Crippen LogP contribution in [0.25, 0.3) is 0 Å². The number of hydrogen-bond donors (Lipinski definition) is 3. The summed E-state index contributed by atoms with van der Waals surface area (Å²) in [5.41, 5.74) is 6.40. The second-order valence-electron chi connectivity index (χ2n) is 4.38. The Morgan fingerprint density at radius 2 is 1.90 bits per heavy atom. The maximum Gasteiger partial charge on any atom is 0.263 e. The first-order valence-electron chi connectivity index (χ1n) is 5.97. The lowest BCUT2D eigenvalue weighted by atomic mass is 10.3. The summed E-state index contributed by atoms with van der Waals surface area (Å²) < 4.78 is 28.2. The number of nitrogen functional groups attached to an aromatic ring is 1. The lowest BCUT2D eigenvalue weighted by molar-refractivity contribution is -0.114. The topological polar surface area (TPSA) is 119 Å². The van der Waals surface area contributed by atoms with Crippen molar-refractivity contribution in [2.75, 3.05) is 15.8 Å². The van der Waals surface area contributed by atoms with Gasteiger partial charge in [0.05, 0.1) is 16.8 Å². The Kier molecular flexibility index (Phi) is 3.85. The standard InChI is InChI=1S/C12H15N5O3S/c1-8(18)15-9-3-5-10(6-4-9)21(19,20)16-12-11(13)7-14-17(12)2/h3-7,16H,13H2,1-2H3,(H,15,18). The molecule has 0 fully saturated rings. The van der Waals surface area contributed by atoms with Crippen molar-refractivity contribution in [3.63, 3.8) is 0 Å². The van der Waals surface area contributed by atoms with Gasteiger partial charge in [0.1, 0.15) is 0 Å². The molecular weight excluding hydrogens is 294 g/mol. The van der Waals surface area contributed by atoms with Gasteiger partial charge in [-0.05, 0) is 24.3 Å². The molecule has 0 aliphatic rings. The molecule has 0 unspecified atom stereocenters. The van der Waals surface area contributed by atoms with E-state index in [1.807, 2.05) is 0 Å². The molecule has 0 aliphatic heterocycles. The Bertz CT molecular complexity index is 745. The summed E-state index contributed by atoms with van der Waals surface area (Å²) >= 11 is 0. The van der Waals surface area contributed by atoms with Gasteiger partial charge in [0, 0.05) is 19.7 Å². The van der Waals surface area contributed by atoms with Crippen LogP contribution in [0.2, 0.25) is 0 Å². The number of nitrogens with one attached hydrogen (secondary N) is 2. The van der Waals surface area contributed by atoms with Crippen LogP contribution in [0.4, 0.5) is 17.2 Å². The lowest BCUT2D eigenvalue weighted by Gasteiger charge is -2.10. The van der Waals surface area contributed by atoms with Gasteiger partial charge < -0.3 is 11.1 Å². The molecular formula is C12H15N5O3S. The van der Waals surface area contributed by atoms with Crippen LogP contribution in [0.3, 0.4) is 0 Å². The largest absolute Gasteiger partial charge is 0.394 e. The molecule has 4 N–H and O–H groups in total. The molecule has 21 heavy (non-hydrogen) atoms. The fourth-order valence-electron chi connectivity index (χ4n) is 1.69. The Morgan fingerprint density at radius 1 is 1.29 bits per heavy atom. The van der Waals surface area contributed by atoms with Crippen molar-refractivity contribution in [2.24, 2.45) is 7.05 Å². The molecule has 1 aromatic heterocycles. The molecule has 1 amide bonds. The highest BCUT2D eigenvalue weighted by Gasteiger charge is 2.17. The summed E-state index contributed by atoms with van der Waals surface area (Å²) in [6.45, 7) is 1.37. The number of nitrogens with two attached hydrogens (primary N) is 1. The molecule has 0 aliphatic carbocycles. The van der Waals surface area contributed by atoms with E-state index in [1.54, 1.807) is 7.05 Å². The van der Waals surface area contributed by atoms with Crippen LogP contribution in [0, 0.1) is 0 Å². The van der Waals surface area contributed by atoms with Crippen LogP contribution in [0.15, 0.2) is 35.4 Å². The molecule has 0 atom stereocenters. The van der Waals surface area contributed by atoms with E-state index in [2.05, 4.69) is 15.1 Å². The van der Waals surface area contributed by atoms with Gasteiger partial charge in [-0.15, -0.1) is 0 Å². The van der Waals surface area contributed by atoms with E-state index < -0.39 is 10.0 Å². The number of amides is 1. The van der Waals surface area contributed by atoms with Gasteiger partial charge in [0.15, 0.2) is 5.82 Å². The molecule has 9 heteroatoms. The maximum atomic E-state index is 12.2. The number of carbonyl (C=O) groups excluding carboxylic acids is 1. The zero-order valence-electron chi connectivity index (χ0n) is 11.5. The number of aryl methyl sites for hydroxylation is 1. The predicted octanol–water partition coefficient (Wildman–Crippen LogP) is 0.761. The number of aromatic nitrogens is 2. The fourth-order valence-corrected chi connectivity index (χ4v) is 2.80. The smallest absolute Gasteiger partial charge is 0.263 e. The average Bonchev–Trinajstić information content (AvgIpc) is 2.70. The first kappa shape index (κ1) is 14.9. The van der Waals surface area contributed by atoms with E-state index in [-0.39, 0.29) is 22.3 Å². The van der Waals surface area contributed by atoms with Crippen LogP contribution in [-0.4, -0.2) is 24.1 Å². The zero-order chi connectivity index (χ0) is 15.6. The summed E-state index contributed by atoms with van der Waals surface area (Å²) in [7, 11) is -2.20. The van der Waals surface area contributed by atoms with E-state index >= 15 is 0 Å². The van der Waals surface area contributed by atoms with Crippen molar-refractivity contribution >= 4 is 33.1 Å². The van der Waals surface area contributed by atoms with Gasteiger partial charge in [0.2, 0.25) is 5.91 Å². The predicted molar refractivity (Wildman–Crippen MR) is 79.2 cm³/mol. The number of benzene rings is 1. The monoisotopic (exact) mass is 309 g/mol.